The summed E-state index contributed by atoms with van der Waals surface area (Å²) in [5.74, 6) is -0.236. The number of carbonyl (C=O) groups is 1. The Labute approximate surface area is 98.5 Å². The molecule has 0 amide bonds. The third kappa shape index (κ3) is 6.11. The van der Waals surface area contributed by atoms with Crippen molar-refractivity contribution in [2.45, 2.75) is 59.0 Å². The van der Waals surface area contributed by atoms with Gasteiger partial charge in [0.05, 0.1) is 12.7 Å². The molecule has 1 saturated carbocycles. The smallest absolute Gasteiger partial charge is 0.332 e. The van der Waals surface area contributed by atoms with E-state index in [2.05, 4.69) is 0 Å². The van der Waals surface area contributed by atoms with Gasteiger partial charge in [-0.1, -0.05) is 40.0 Å². The van der Waals surface area contributed by atoms with Crippen LogP contribution >= 0.6 is 0 Å². The number of hydrogen-bond donors (Lipinski definition) is 0. The van der Waals surface area contributed by atoms with Crippen LogP contribution in [0.1, 0.15) is 52.9 Å². The minimum Gasteiger partial charge on any atom is -0.463 e. The summed E-state index contributed by atoms with van der Waals surface area (Å²) >= 11 is 0. The first kappa shape index (κ1) is 13.5. The van der Waals surface area contributed by atoms with Gasteiger partial charge >= 0.3 is 5.97 Å². The van der Waals surface area contributed by atoms with Gasteiger partial charge in [0.1, 0.15) is 6.61 Å². The average molecular weight is 228 g/mol. The summed E-state index contributed by atoms with van der Waals surface area (Å²) in [6.45, 7) is 6.70. The predicted octanol–water partition coefficient (Wildman–Crippen LogP) is 2.93. The van der Waals surface area contributed by atoms with Gasteiger partial charge in [0, 0.05) is 0 Å². The molecule has 3 nitrogen and oxygen atoms in total. The molecule has 1 rings (SSSR count). The number of ether oxygens (including phenoxy) is 2. The van der Waals surface area contributed by atoms with Crippen molar-refractivity contribution in [3.8, 4) is 0 Å². The molecule has 16 heavy (non-hydrogen) atoms. The molecule has 0 unspecified atom stereocenters. The number of carbonyl (C=O) groups excluding carboxylic acids is 1. The molecule has 1 aliphatic carbocycles. The summed E-state index contributed by atoms with van der Waals surface area (Å²) in [7, 11) is 0. The maximum atomic E-state index is 11.4. The van der Waals surface area contributed by atoms with Crippen LogP contribution in [0.4, 0.5) is 0 Å². The number of rotatable bonds is 4. The van der Waals surface area contributed by atoms with Crippen LogP contribution in [-0.2, 0) is 14.3 Å². The molecule has 0 radical (unpaired) electrons. The normalized spacial score (nSPS) is 18.4. The fourth-order valence-electron chi connectivity index (χ4n) is 1.76. The minimum absolute atomic E-state index is 0.0283. The van der Waals surface area contributed by atoms with Crippen molar-refractivity contribution in [2.75, 3.05) is 13.2 Å². The fourth-order valence-corrected chi connectivity index (χ4v) is 1.76. The van der Waals surface area contributed by atoms with Gasteiger partial charge in [-0.2, -0.15) is 0 Å². The maximum absolute atomic E-state index is 11.4. The molecule has 0 spiro atoms. The Bertz CT molecular complexity index is 212. The molecule has 0 aromatic carbocycles. The van der Waals surface area contributed by atoms with Crippen LogP contribution in [0.15, 0.2) is 0 Å². The Morgan fingerprint density at radius 3 is 2.38 bits per heavy atom. The molecule has 0 heterocycles. The standard InChI is InChI=1S/C13H24O3/c1-13(2,3)10-16-12(14)9-15-11-7-5-4-6-8-11/h11H,4-10H2,1-3H3. The summed E-state index contributed by atoms with van der Waals surface area (Å²) in [6.07, 6.45) is 6.20. The van der Waals surface area contributed by atoms with Crippen molar-refractivity contribution in [2.24, 2.45) is 5.41 Å². The zero-order chi connectivity index (χ0) is 12.0. The summed E-state index contributed by atoms with van der Waals surface area (Å²) in [6, 6.07) is 0. The third-order valence-corrected chi connectivity index (χ3v) is 2.66. The molecule has 0 atom stereocenters. The lowest BCUT2D eigenvalue weighted by molar-refractivity contribution is -0.154. The SMILES string of the molecule is CC(C)(C)COC(=O)COC1CCCCC1. The predicted molar refractivity (Wildman–Crippen MR) is 63.2 cm³/mol. The van der Waals surface area contributed by atoms with E-state index in [0.717, 1.165) is 12.8 Å². The Balaban J connectivity index is 2.09. The van der Waals surface area contributed by atoms with E-state index >= 15 is 0 Å². The Kier molecular flexibility index (Phi) is 5.26. The van der Waals surface area contributed by atoms with Crippen molar-refractivity contribution in [3.63, 3.8) is 0 Å². The molecule has 0 N–H and O–H groups in total. The molecule has 1 fully saturated rings. The first-order valence-electron chi connectivity index (χ1n) is 6.24. The van der Waals surface area contributed by atoms with Crippen molar-refractivity contribution < 1.29 is 14.3 Å². The van der Waals surface area contributed by atoms with Crippen molar-refractivity contribution in [1.29, 1.82) is 0 Å². The van der Waals surface area contributed by atoms with Gasteiger partial charge in [-0.15, -0.1) is 0 Å². The highest BCUT2D eigenvalue weighted by atomic mass is 16.6. The second kappa shape index (κ2) is 6.24. The second-order valence-corrected chi connectivity index (χ2v) is 5.79. The number of esters is 1. The molecular weight excluding hydrogens is 204 g/mol. The maximum Gasteiger partial charge on any atom is 0.332 e. The Hall–Kier alpha value is -0.570. The van der Waals surface area contributed by atoms with Gasteiger partial charge in [0.25, 0.3) is 0 Å². The van der Waals surface area contributed by atoms with Gasteiger partial charge in [0.15, 0.2) is 0 Å². The van der Waals surface area contributed by atoms with Crippen LogP contribution in [0.25, 0.3) is 0 Å². The fraction of sp³-hybridized carbons (Fsp3) is 0.923. The Morgan fingerprint density at radius 1 is 1.19 bits per heavy atom. The lowest BCUT2D eigenvalue weighted by Crippen LogP contribution is -2.25. The lowest BCUT2D eigenvalue weighted by Gasteiger charge is -2.22. The zero-order valence-electron chi connectivity index (χ0n) is 10.8. The molecule has 0 bridgehead atoms. The highest BCUT2D eigenvalue weighted by Crippen LogP contribution is 2.20. The molecule has 0 saturated heterocycles. The molecule has 1 aliphatic rings. The molecule has 0 aliphatic heterocycles. The van der Waals surface area contributed by atoms with Crippen LogP contribution in [0.3, 0.4) is 0 Å². The highest BCUT2D eigenvalue weighted by molar-refractivity contribution is 5.70. The van der Waals surface area contributed by atoms with Gasteiger partial charge in [-0.3, -0.25) is 0 Å². The molecular formula is C13H24O3. The lowest BCUT2D eigenvalue weighted by atomic mass is 9.98. The van der Waals surface area contributed by atoms with Gasteiger partial charge in [-0.25, -0.2) is 4.79 Å². The summed E-state index contributed by atoms with van der Waals surface area (Å²) < 4.78 is 10.7. The minimum atomic E-state index is -0.236. The van der Waals surface area contributed by atoms with Crippen LogP contribution < -0.4 is 0 Å². The number of hydrogen-bond acceptors (Lipinski definition) is 3. The van der Waals surface area contributed by atoms with E-state index in [1.807, 2.05) is 20.8 Å². The largest absolute Gasteiger partial charge is 0.463 e. The summed E-state index contributed by atoms with van der Waals surface area (Å²) in [4.78, 5) is 11.4. The van der Waals surface area contributed by atoms with Crippen molar-refractivity contribution >= 4 is 5.97 Å². The Morgan fingerprint density at radius 2 is 1.81 bits per heavy atom. The zero-order valence-corrected chi connectivity index (χ0v) is 10.8. The first-order valence-corrected chi connectivity index (χ1v) is 6.24. The van der Waals surface area contributed by atoms with E-state index in [9.17, 15) is 4.79 Å². The van der Waals surface area contributed by atoms with Crippen LogP contribution in [0.5, 0.6) is 0 Å². The molecule has 3 heteroatoms. The van der Waals surface area contributed by atoms with E-state index in [0.29, 0.717) is 6.61 Å². The van der Waals surface area contributed by atoms with E-state index in [4.69, 9.17) is 9.47 Å². The van der Waals surface area contributed by atoms with Gasteiger partial charge in [0.2, 0.25) is 0 Å². The van der Waals surface area contributed by atoms with Crippen LogP contribution in [-0.4, -0.2) is 25.3 Å². The van der Waals surface area contributed by atoms with E-state index in [-0.39, 0.29) is 24.1 Å². The second-order valence-electron chi connectivity index (χ2n) is 5.79. The van der Waals surface area contributed by atoms with E-state index in [1.54, 1.807) is 0 Å². The topological polar surface area (TPSA) is 35.5 Å². The van der Waals surface area contributed by atoms with Gasteiger partial charge < -0.3 is 9.47 Å². The van der Waals surface area contributed by atoms with Crippen molar-refractivity contribution in [1.82, 2.24) is 0 Å². The third-order valence-electron chi connectivity index (χ3n) is 2.66. The van der Waals surface area contributed by atoms with E-state index < -0.39 is 0 Å². The van der Waals surface area contributed by atoms with E-state index in [1.165, 1.54) is 19.3 Å². The summed E-state index contributed by atoms with van der Waals surface area (Å²) in [5.41, 5.74) is 0.0283. The highest BCUT2D eigenvalue weighted by Gasteiger charge is 2.17. The summed E-state index contributed by atoms with van der Waals surface area (Å²) in [5, 5.41) is 0. The molecule has 0 aromatic heterocycles. The molecule has 0 aromatic rings. The van der Waals surface area contributed by atoms with Crippen LogP contribution in [0, 0.1) is 5.41 Å². The first-order chi connectivity index (χ1) is 7.47. The van der Waals surface area contributed by atoms with Crippen molar-refractivity contribution in [3.05, 3.63) is 0 Å². The quantitative estimate of drug-likeness (QED) is 0.694. The average Bonchev–Trinajstić information content (AvgIpc) is 2.24. The molecule has 94 valence electrons. The van der Waals surface area contributed by atoms with Crippen LogP contribution in [0.2, 0.25) is 0 Å². The monoisotopic (exact) mass is 228 g/mol. The van der Waals surface area contributed by atoms with Gasteiger partial charge in [-0.05, 0) is 18.3 Å².